The van der Waals surface area contributed by atoms with E-state index in [2.05, 4.69) is 5.10 Å². The van der Waals surface area contributed by atoms with Crippen LogP contribution in [-0.2, 0) is 13.1 Å². The van der Waals surface area contributed by atoms with Gasteiger partial charge in [0.2, 0.25) is 0 Å². The molecular formula is C24H21N3O2. The van der Waals surface area contributed by atoms with Gasteiger partial charge in [0.1, 0.15) is 0 Å². The minimum Gasteiger partial charge on any atom is -0.336 e. The lowest BCUT2D eigenvalue weighted by atomic mass is 10.1. The van der Waals surface area contributed by atoms with Gasteiger partial charge in [0.25, 0.3) is 11.5 Å². The predicted octanol–water partition coefficient (Wildman–Crippen LogP) is 3.72. The third-order valence-electron chi connectivity index (χ3n) is 4.85. The van der Waals surface area contributed by atoms with E-state index < -0.39 is 0 Å². The van der Waals surface area contributed by atoms with Gasteiger partial charge in [0.15, 0.2) is 5.69 Å². The Hall–Kier alpha value is -3.73. The number of aromatic nitrogens is 2. The van der Waals surface area contributed by atoms with Gasteiger partial charge in [-0.3, -0.25) is 9.59 Å². The molecule has 5 nitrogen and oxygen atoms in total. The Morgan fingerprint density at radius 3 is 2.03 bits per heavy atom. The Bertz CT molecular complexity index is 1200. The third kappa shape index (κ3) is 3.94. The molecule has 0 aliphatic heterocycles. The first-order chi connectivity index (χ1) is 14.1. The summed E-state index contributed by atoms with van der Waals surface area (Å²) in [6.45, 7) is 0.778. The van der Waals surface area contributed by atoms with Crippen LogP contribution in [0, 0.1) is 0 Å². The zero-order valence-electron chi connectivity index (χ0n) is 16.2. The van der Waals surface area contributed by atoms with Crippen LogP contribution in [-0.4, -0.2) is 27.6 Å². The minimum absolute atomic E-state index is 0.202. The SMILES string of the molecule is CN(Cc1ccccc1)C(=O)c1nn(Cc2ccccc2)c(=O)c2ccccc12. The largest absolute Gasteiger partial charge is 0.336 e. The molecule has 144 valence electrons. The molecule has 1 amide bonds. The summed E-state index contributed by atoms with van der Waals surface area (Å²) in [5.74, 6) is -0.216. The Kier molecular flexibility index (Phi) is 5.20. The van der Waals surface area contributed by atoms with E-state index in [-0.39, 0.29) is 17.2 Å². The van der Waals surface area contributed by atoms with E-state index in [9.17, 15) is 9.59 Å². The normalized spacial score (nSPS) is 10.8. The van der Waals surface area contributed by atoms with Crippen molar-refractivity contribution >= 4 is 16.7 Å². The van der Waals surface area contributed by atoms with Crippen LogP contribution in [0.1, 0.15) is 21.6 Å². The zero-order chi connectivity index (χ0) is 20.2. The van der Waals surface area contributed by atoms with Crippen molar-refractivity contribution in [1.82, 2.24) is 14.7 Å². The number of fused-ring (bicyclic) bond motifs is 1. The highest BCUT2D eigenvalue weighted by Gasteiger charge is 2.20. The van der Waals surface area contributed by atoms with Crippen molar-refractivity contribution in [3.8, 4) is 0 Å². The van der Waals surface area contributed by atoms with Crippen LogP contribution < -0.4 is 5.56 Å². The minimum atomic E-state index is -0.216. The molecule has 0 saturated carbocycles. The molecule has 1 aromatic heterocycles. The van der Waals surface area contributed by atoms with Crippen LogP contribution in [0.5, 0.6) is 0 Å². The van der Waals surface area contributed by atoms with Crippen LogP contribution >= 0.6 is 0 Å². The van der Waals surface area contributed by atoms with Gasteiger partial charge < -0.3 is 4.90 Å². The van der Waals surface area contributed by atoms with E-state index in [0.29, 0.717) is 23.9 Å². The Balaban J connectivity index is 1.75. The van der Waals surface area contributed by atoms with Gasteiger partial charge in [-0.25, -0.2) is 4.68 Å². The highest BCUT2D eigenvalue weighted by Crippen LogP contribution is 2.16. The standard InChI is InChI=1S/C24H21N3O2/c1-26(16-18-10-4-2-5-11-18)24(29)22-20-14-8-9-15-21(20)23(28)27(25-22)17-19-12-6-3-7-13-19/h2-15H,16-17H2,1H3. The first-order valence-electron chi connectivity index (χ1n) is 9.46. The Morgan fingerprint density at radius 2 is 1.38 bits per heavy atom. The van der Waals surface area contributed by atoms with Crippen molar-refractivity contribution in [3.63, 3.8) is 0 Å². The first-order valence-corrected chi connectivity index (χ1v) is 9.46. The van der Waals surface area contributed by atoms with Gasteiger partial charge in [-0.15, -0.1) is 0 Å². The molecule has 0 atom stereocenters. The third-order valence-corrected chi connectivity index (χ3v) is 4.85. The number of carbonyl (C=O) groups excluding carboxylic acids is 1. The fourth-order valence-corrected chi connectivity index (χ4v) is 3.37. The molecule has 1 heterocycles. The molecule has 0 radical (unpaired) electrons. The monoisotopic (exact) mass is 383 g/mol. The highest BCUT2D eigenvalue weighted by molar-refractivity contribution is 6.04. The molecule has 5 heteroatoms. The lowest BCUT2D eigenvalue weighted by Crippen LogP contribution is -2.32. The predicted molar refractivity (Wildman–Crippen MR) is 114 cm³/mol. The van der Waals surface area contributed by atoms with Gasteiger partial charge >= 0.3 is 0 Å². The number of amides is 1. The molecule has 29 heavy (non-hydrogen) atoms. The highest BCUT2D eigenvalue weighted by atomic mass is 16.2. The summed E-state index contributed by atoms with van der Waals surface area (Å²) in [5.41, 5.74) is 2.07. The number of hydrogen-bond acceptors (Lipinski definition) is 3. The summed E-state index contributed by atoms with van der Waals surface area (Å²) in [4.78, 5) is 27.8. The molecule has 0 aliphatic rings. The second-order valence-corrected chi connectivity index (χ2v) is 6.99. The quantitative estimate of drug-likeness (QED) is 0.528. The van der Waals surface area contributed by atoms with Crippen LogP contribution in [0.25, 0.3) is 10.8 Å². The van der Waals surface area contributed by atoms with Crippen LogP contribution in [0.2, 0.25) is 0 Å². The second kappa shape index (κ2) is 8.10. The average Bonchev–Trinajstić information content (AvgIpc) is 2.77. The molecule has 0 saturated heterocycles. The number of nitrogens with zero attached hydrogens (tertiary/aromatic N) is 3. The summed E-state index contributed by atoms with van der Waals surface area (Å²) in [6, 6.07) is 26.6. The fraction of sp³-hybridized carbons (Fsp3) is 0.125. The maximum Gasteiger partial charge on any atom is 0.274 e. The number of carbonyl (C=O) groups is 1. The van der Waals surface area contributed by atoms with Gasteiger partial charge in [-0.1, -0.05) is 78.9 Å². The van der Waals surface area contributed by atoms with Crippen molar-refractivity contribution in [2.75, 3.05) is 7.05 Å². The molecule has 0 aliphatic carbocycles. The zero-order valence-corrected chi connectivity index (χ0v) is 16.2. The molecule has 4 aromatic rings. The Morgan fingerprint density at radius 1 is 0.828 bits per heavy atom. The van der Waals surface area contributed by atoms with E-state index in [0.717, 1.165) is 11.1 Å². The van der Waals surface area contributed by atoms with E-state index in [1.165, 1.54) is 4.68 Å². The van der Waals surface area contributed by atoms with Crippen molar-refractivity contribution in [3.05, 3.63) is 112 Å². The molecule has 0 unspecified atom stereocenters. The molecule has 0 spiro atoms. The van der Waals surface area contributed by atoms with Crippen molar-refractivity contribution < 1.29 is 4.79 Å². The van der Waals surface area contributed by atoms with Gasteiger partial charge in [0.05, 0.1) is 11.9 Å². The van der Waals surface area contributed by atoms with E-state index in [1.54, 1.807) is 30.1 Å². The van der Waals surface area contributed by atoms with Crippen LogP contribution in [0.3, 0.4) is 0 Å². The lowest BCUT2D eigenvalue weighted by Gasteiger charge is -2.18. The lowest BCUT2D eigenvalue weighted by molar-refractivity contribution is 0.0779. The van der Waals surface area contributed by atoms with Gasteiger partial charge in [-0.05, 0) is 17.2 Å². The van der Waals surface area contributed by atoms with Gasteiger partial charge in [-0.2, -0.15) is 5.10 Å². The summed E-state index contributed by atoms with van der Waals surface area (Å²) in [5, 5.41) is 5.54. The number of benzene rings is 3. The number of hydrogen-bond donors (Lipinski definition) is 0. The molecule has 4 rings (SSSR count). The average molecular weight is 383 g/mol. The summed E-state index contributed by atoms with van der Waals surface area (Å²) >= 11 is 0. The van der Waals surface area contributed by atoms with Crippen molar-refractivity contribution in [2.24, 2.45) is 0 Å². The molecular weight excluding hydrogens is 362 g/mol. The van der Waals surface area contributed by atoms with Crippen LogP contribution in [0.15, 0.2) is 89.7 Å². The molecule has 0 fully saturated rings. The second-order valence-electron chi connectivity index (χ2n) is 6.99. The molecule has 3 aromatic carbocycles. The smallest absolute Gasteiger partial charge is 0.274 e. The topological polar surface area (TPSA) is 55.2 Å². The molecule has 0 N–H and O–H groups in total. The van der Waals surface area contributed by atoms with E-state index in [1.807, 2.05) is 66.7 Å². The van der Waals surface area contributed by atoms with E-state index in [4.69, 9.17) is 0 Å². The van der Waals surface area contributed by atoms with Crippen LogP contribution in [0.4, 0.5) is 0 Å². The fourth-order valence-electron chi connectivity index (χ4n) is 3.37. The Labute approximate surface area is 168 Å². The summed E-state index contributed by atoms with van der Waals surface area (Å²) in [6.07, 6.45) is 0. The summed E-state index contributed by atoms with van der Waals surface area (Å²) in [7, 11) is 1.75. The maximum absolute atomic E-state index is 13.2. The van der Waals surface area contributed by atoms with Gasteiger partial charge in [0, 0.05) is 19.0 Å². The number of rotatable bonds is 5. The van der Waals surface area contributed by atoms with E-state index >= 15 is 0 Å². The molecule has 0 bridgehead atoms. The summed E-state index contributed by atoms with van der Waals surface area (Å²) < 4.78 is 1.38. The van der Waals surface area contributed by atoms with Crippen molar-refractivity contribution in [1.29, 1.82) is 0 Å². The van der Waals surface area contributed by atoms with Crippen molar-refractivity contribution in [2.45, 2.75) is 13.1 Å². The maximum atomic E-state index is 13.2. The first kappa shape index (κ1) is 18.6.